The van der Waals surface area contributed by atoms with Crippen molar-refractivity contribution in [1.82, 2.24) is 10.4 Å². The molecule has 5 heteroatoms. The van der Waals surface area contributed by atoms with Crippen LogP contribution in [0.2, 0.25) is 0 Å². The Morgan fingerprint density at radius 3 is 2.50 bits per heavy atom. The molecule has 0 bridgehead atoms. The van der Waals surface area contributed by atoms with Gasteiger partial charge in [-0.05, 0) is 19.8 Å². The topological polar surface area (TPSA) is 69.6 Å². The fourth-order valence-corrected chi connectivity index (χ4v) is 1.42. The molecule has 5 nitrogen and oxygen atoms in total. The number of nitrogens with zero attached hydrogens (tertiary/aromatic N) is 1. The monoisotopic (exact) mass is 200 g/mol. The van der Waals surface area contributed by atoms with Crippen LogP contribution in [0.5, 0.6) is 0 Å². The Labute approximate surface area is 83.1 Å². The van der Waals surface area contributed by atoms with Gasteiger partial charge in [-0.15, -0.1) is 0 Å². The van der Waals surface area contributed by atoms with Crippen LogP contribution >= 0.6 is 0 Å². The van der Waals surface area contributed by atoms with Crippen LogP contribution in [0, 0.1) is 0 Å². The van der Waals surface area contributed by atoms with E-state index in [9.17, 15) is 14.7 Å². The van der Waals surface area contributed by atoms with Crippen molar-refractivity contribution in [3.05, 3.63) is 0 Å². The van der Waals surface area contributed by atoms with Gasteiger partial charge in [0.25, 0.3) is 0 Å². The molecule has 1 aliphatic heterocycles. The second kappa shape index (κ2) is 5.07. The van der Waals surface area contributed by atoms with Crippen LogP contribution in [-0.4, -0.2) is 41.0 Å². The van der Waals surface area contributed by atoms with Gasteiger partial charge in [-0.1, -0.05) is 0 Å². The van der Waals surface area contributed by atoms with Crippen LogP contribution in [0.15, 0.2) is 0 Å². The summed E-state index contributed by atoms with van der Waals surface area (Å²) in [6.07, 6.45) is 1.01. The first kappa shape index (κ1) is 11.1. The van der Waals surface area contributed by atoms with Crippen molar-refractivity contribution in [3.8, 4) is 0 Å². The van der Waals surface area contributed by atoms with Gasteiger partial charge in [0.1, 0.15) is 5.78 Å². The second-order valence-electron chi connectivity index (χ2n) is 3.63. The molecule has 1 fully saturated rings. The molecule has 2 N–H and O–H groups in total. The van der Waals surface area contributed by atoms with E-state index in [1.807, 2.05) is 0 Å². The van der Waals surface area contributed by atoms with Gasteiger partial charge >= 0.3 is 0 Å². The molecule has 1 aliphatic rings. The number of aliphatic hydroxyl groups excluding tert-OH is 1. The third-order valence-corrected chi connectivity index (χ3v) is 2.16. The van der Waals surface area contributed by atoms with Crippen LogP contribution in [0.4, 0.5) is 0 Å². The molecule has 14 heavy (non-hydrogen) atoms. The number of hydrogen-bond acceptors (Lipinski definition) is 4. The number of Topliss-reactive ketones (excluding diaryl/α,β-unsaturated/α-hetero) is 1. The summed E-state index contributed by atoms with van der Waals surface area (Å²) in [5.41, 5.74) is 2.63. The van der Waals surface area contributed by atoms with Crippen molar-refractivity contribution in [1.29, 1.82) is 0 Å². The highest BCUT2D eigenvalue weighted by atomic mass is 16.3. The van der Waals surface area contributed by atoms with Gasteiger partial charge in [-0.25, -0.2) is 5.01 Å². The van der Waals surface area contributed by atoms with Gasteiger partial charge < -0.3 is 5.11 Å². The summed E-state index contributed by atoms with van der Waals surface area (Å²) in [5, 5.41) is 11.0. The van der Waals surface area contributed by atoms with Crippen LogP contribution in [-0.2, 0) is 9.59 Å². The number of hydrogen-bond donors (Lipinski definition) is 2. The maximum Gasteiger partial charge on any atom is 0.241 e. The maximum atomic E-state index is 11.2. The summed E-state index contributed by atoms with van der Waals surface area (Å²) < 4.78 is 0. The van der Waals surface area contributed by atoms with E-state index < -0.39 is 0 Å². The summed E-state index contributed by atoms with van der Waals surface area (Å²) in [6.45, 7) is 2.68. The van der Waals surface area contributed by atoms with E-state index in [1.54, 1.807) is 5.01 Å². The Balaban J connectivity index is 2.24. The van der Waals surface area contributed by atoms with Crippen LogP contribution in [0.3, 0.4) is 0 Å². The number of aliphatic hydroxyl groups is 1. The SMILES string of the molecule is CC(=O)CC(=O)NN1CCC(O)CC1. The number of nitrogens with one attached hydrogen (secondary N) is 1. The average Bonchev–Trinajstić information content (AvgIpc) is 2.07. The standard InChI is InChI=1S/C9H16N2O3/c1-7(12)6-9(14)10-11-4-2-8(13)3-5-11/h8,13H,2-6H2,1H3,(H,10,14). The third kappa shape index (κ3) is 3.85. The lowest BCUT2D eigenvalue weighted by molar-refractivity contribution is -0.131. The van der Waals surface area contributed by atoms with Crippen molar-refractivity contribution < 1.29 is 14.7 Å². The molecule has 0 atom stereocenters. The number of hydrazine groups is 1. The zero-order valence-electron chi connectivity index (χ0n) is 8.32. The van der Waals surface area contributed by atoms with E-state index in [0.717, 1.165) is 0 Å². The Morgan fingerprint density at radius 2 is 2.00 bits per heavy atom. The number of carbonyl (C=O) groups excluding carboxylic acids is 2. The molecule has 80 valence electrons. The lowest BCUT2D eigenvalue weighted by Crippen LogP contribution is -2.47. The Kier molecular flexibility index (Phi) is 4.03. The van der Waals surface area contributed by atoms with E-state index in [4.69, 9.17) is 0 Å². The lowest BCUT2D eigenvalue weighted by atomic mass is 10.1. The lowest BCUT2D eigenvalue weighted by Gasteiger charge is -2.29. The van der Waals surface area contributed by atoms with E-state index in [-0.39, 0.29) is 24.2 Å². The number of carbonyl (C=O) groups is 2. The fraction of sp³-hybridized carbons (Fsp3) is 0.778. The fourth-order valence-electron chi connectivity index (χ4n) is 1.42. The van der Waals surface area contributed by atoms with Gasteiger partial charge in [-0.3, -0.25) is 15.0 Å². The van der Waals surface area contributed by atoms with Gasteiger partial charge in [-0.2, -0.15) is 0 Å². The first-order valence-electron chi connectivity index (χ1n) is 4.80. The normalized spacial score (nSPS) is 19.3. The Bertz CT molecular complexity index is 222. The summed E-state index contributed by atoms with van der Waals surface area (Å²) >= 11 is 0. The number of rotatable bonds is 3. The highest BCUT2D eigenvalue weighted by Crippen LogP contribution is 2.07. The molecule has 1 amide bonds. The van der Waals surface area contributed by atoms with Crippen LogP contribution in [0.1, 0.15) is 26.2 Å². The molecule has 0 aromatic heterocycles. The summed E-state index contributed by atoms with van der Waals surface area (Å²) in [7, 11) is 0. The molecule has 0 saturated carbocycles. The molecular formula is C9H16N2O3. The number of piperidine rings is 1. The van der Waals surface area contributed by atoms with Crippen molar-refractivity contribution in [3.63, 3.8) is 0 Å². The maximum absolute atomic E-state index is 11.2. The highest BCUT2D eigenvalue weighted by Gasteiger charge is 2.18. The van der Waals surface area contributed by atoms with Crippen LogP contribution < -0.4 is 5.43 Å². The van der Waals surface area contributed by atoms with Crippen molar-refractivity contribution in [2.75, 3.05) is 13.1 Å². The van der Waals surface area contributed by atoms with E-state index >= 15 is 0 Å². The van der Waals surface area contributed by atoms with E-state index in [2.05, 4.69) is 5.43 Å². The third-order valence-electron chi connectivity index (χ3n) is 2.16. The van der Waals surface area contributed by atoms with Crippen molar-refractivity contribution in [2.24, 2.45) is 0 Å². The Hall–Kier alpha value is -0.940. The van der Waals surface area contributed by atoms with E-state index in [1.165, 1.54) is 6.92 Å². The van der Waals surface area contributed by atoms with E-state index in [0.29, 0.717) is 25.9 Å². The van der Waals surface area contributed by atoms with Gasteiger partial charge in [0.2, 0.25) is 5.91 Å². The smallest absolute Gasteiger partial charge is 0.241 e. The molecule has 0 aromatic carbocycles. The zero-order valence-corrected chi connectivity index (χ0v) is 8.32. The number of ketones is 1. The highest BCUT2D eigenvalue weighted by molar-refractivity contribution is 5.96. The van der Waals surface area contributed by atoms with Crippen molar-refractivity contribution >= 4 is 11.7 Å². The zero-order chi connectivity index (χ0) is 10.6. The minimum Gasteiger partial charge on any atom is -0.393 e. The number of amides is 1. The second-order valence-corrected chi connectivity index (χ2v) is 3.63. The molecule has 0 spiro atoms. The van der Waals surface area contributed by atoms with Crippen LogP contribution in [0.25, 0.3) is 0 Å². The molecule has 0 aromatic rings. The first-order valence-corrected chi connectivity index (χ1v) is 4.80. The summed E-state index contributed by atoms with van der Waals surface area (Å²) in [5.74, 6) is -0.409. The quantitative estimate of drug-likeness (QED) is 0.600. The molecule has 0 radical (unpaired) electrons. The molecule has 0 aliphatic carbocycles. The van der Waals surface area contributed by atoms with Gasteiger partial charge in [0.15, 0.2) is 0 Å². The average molecular weight is 200 g/mol. The van der Waals surface area contributed by atoms with Crippen molar-refractivity contribution in [2.45, 2.75) is 32.3 Å². The minimum atomic E-state index is -0.270. The molecular weight excluding hydrogens is 184 g/mol. The summed E-state index contributed by atoms with van der Waals surface area (Å²) in [4.78, 5) is 21.8. The largest absolute Gasteiger partial charge is 0.393 e. The first-order chi connectivity index (χ1) is 6.58. The molecule has 1 saturated heterocycles. The predicted octanol–water partition coefficient (Wildman–Crippen LogP) is -0.547. The van der Waals surface area contributed by atoms with Gasteiger partial charge in [0.05, 0.1) is 12.5 Å². The summed E-state index contributed by atoms with van der Waals surface area (Å²) in [6, 6.07) is 0. The minimum absolute atomic E-state index is 0.0704. The van der Waals surface area contributed by atoms with Gasteiger partial charge in [0, 0.05) is 13.1 Å². The molecule has 1 rings (SSSR count). The predicted molar refractivity (Wildman–Crippen MR) is 50.3 cm³/mol. The molecule has 1 heterocycles. The molecule has 0 unspecified atom stereocenters. The Morgan fingerprint density at radius 1 is 1.43 bits per heavy atom.